The fraction of sp³-hybridized carbons (Fsp3) is 0.800. The van der Waals surface area contributed by atoms with Crippen molar-refractivity contribution in [3.05, 3.63) is 0 Å². The van der Waals surface area contributed by atoms with Gasteiger partial charge in [0.25, 0.3) is 0 Å². The molecular weight excluding hydrogens is 311 g/mol. The molecule has 0 aliphatic carbocycles. The Morgan fingerprint density at radius 1 is 1.17 bits per heavy atom. The number of nitrogens with zero attached hydrogens (tertiary/aromatic N) is 1. The monoisotopic (exact) mass is 319 g/mol. The number of nitriles is 1. The molecule has 0 aromatic heterocycles. The summed E-state index contributed by atoms with van der Waals surface area (Å²) in [6.45, 7) is 5.65. The van der Waals surface area contributed by atoms with Crippen LogP contribution < -0.4 is 0 Å². The Balaban J connectivity index is 0. The van der Waals surface area contributed by atoms with Gasteiger partial charge in [-0.3, -0.25) is 0 Å². The van der Waals surface area contributed by atoms with Crippen LogP contribution in [0.2, 0.25) is 0 Å². The van der Waals surface area contributed by atoms with Crippen molar-refractivity contribution < 1.29 is 19.7 Å². The van der Waals surface area contributed by atoms with Crippen molar-refractivity contribution in [2.75, 3.05) is 0 Å². The fourth-order valence-electron chi connectivity index (χ4n) is 0. The summed E-state index contributed by atoms with van der Waals surface area (Å²) in [7, 11) is 12.6. The first-order chi connectivity index (χ1) is 4.80. The molecule has 0 spiro atoms. The second-order valence-electron chi connectivity index (χ2n) is 3.00. The van der Waals surface area contributed by atoms with E-state index in [1.807, 2.05) is 20.8 Å². The van der Waals surface area contributed by atoms with Crippen LogP contribution >= 0.6 is 27.6 Å². The molecule has 0 N–H and O–H groups in total. The van der Waals surface area contributed by atoms with Crippen molar-refractivity contribution in [3.63, 3.8) is 0 Å². The summed E-state index contributed by atoms with van der Waals surface area (Å²) in [5.41, 5.74) is -0.153. The summed E-state index contributed by atoms with van der Waals surface area (Å²) < 4.78 is 22.4. The van der Waals surface area contributed by atoms with Crippen LogP contribution in [0, 0.1) is 16.7 Å². The molecule has 0 amide bonds. The third-order valence-corrected chi connectivity index (χ3v) is 0.335. The van der Waals surface area contributed by atoms with Gasteiger partial charge in [0.15, 0.2) is 0 Å². The van der Waals surface area contributed by atoms with Crippen LogP contribution in [0.1, 0.15) is 20.8 Å². The van der Waals surface area contributed by atoms with Crippen LogP contribution in [0.25, 0.3) is 0 Å². The Morgan fingerprint density at radius 3 is 1.25 bits per heavy atom. The molecule has 12 heavy (non-hydrogen) atoms. The molecule has 0 aromatic rings. The zero-order chi connectivity index (χ0) is 10.7. The van der Waals surface area contributed by atoms with E-state index in [-0.39, 0.29) is 5.41 Å². The molecule has 1 nitrogen and oxygen atoms in total. The zero-order valence-corrected chi connectivity index (χ0v) is 11.3. The van der Waals surface area contributed by atoms with E-state index < -0.39 is 13.7 Å². The number of halogens is 5. The first kappa shape index (κ1) is 15.4. The van der Waals surface area contributed by atoms with Crippen molar-refractivity contribution in [1.82, 2.24) is 0 Å². The van der Waals surface area contributed by atoms with E-state index in [9.17, 15) is 6.05 Å². The van der Waals surface area contributed by atoms with Crippen LogP contribution in [0.4, 0.5) is 6.05 Å². The number of hydrogen-bond acceptors (Lipinski definition) is 1. The first-order valence-corrected chi connectivity index (χ1v) is 13.0. The molecule has 0 rings (SSSR count). The van der Waals surface area contributed by atoms with Crippen LogP contribution in [-0.4, -0.2) is 0 Å². The normalized spacial score (nSPS) is 14.8. The van der Waals surface area contributed by atoms with Gasteiger partial charge in [-0.05, 0) is 20.8 Å². The van der Waals surface area contributed by atoms with Gasteiger partial charge >= 0.3 is 47.3 Å². The molecule has 0 saturated carbocycles. The average molecular weight is 320 g/mol. The van der Waals surface area contributed by atoms with E-state index in [2.05, 4.69) is 33.6 Å². The molecule has 0 bridgehead atoms. The Labute approximate surface area is 84.4 Å². The maximum atomic E-state index is 11.2. The molecule has 0 fully saturated rings. The molecule has 0 aromatic carbocycles. The minimum absolute atomic E-state index is 0.153. The van der Waals surface area contributed by atoms with Gasteiger partial charge in [0, 0.05) is 5.41 Å². The average Bonchev–Trinajstić information content (AvgIpc) is 1.56. The van der Waals surface area contributed by atoms with E-state index in [4.69, 9.17) is 5.26 Å². The van der Waals surface area contributed by atoms with E-state index in [1.165, 1.54) is 0 Å². The summed E-state index contributed by atoms with van der Waals surface area (Å²) in [5, 5.41) is 8.15. The van der Waals surface area contributed by atoms with Gasteiger partial charge in [-0.15, -0.1) is 0 Å². The van der Waals surface area contributed by atoms with Crippen LogP contribution in [0.15, 0.2) is 0 Å². The van der Waals surface area contributed by atoms with Gasteiger partial charge in [-0.1, -0.05) is 0 Å². The molecule has 0 atom stereocenters. The van der Waals surface area contributed by atoms with Gasteiger partial charge in [-0.2, -0.15) is 5.26 Å². The molecule has 74 valence electrons. The van der Waals surface area contributed by atoms with E-state index >= 15 is 0 Å². The Hall–Kier alpha value is 0.960. The van der Waals surface area contributed by atoms with E-state index in [0.29, 0.717) is 0 Å². The maximum absolute atomic E-state index is 11.2. The third kappa shape index (κ3) is 69.3. The summed E-state index contributed by atoms with van der Waals surface area (Å²) in [6.07, 6.45) is 0. The minimum atomic E-state index is -6.27. The van der Waals surface area contributed by atoms with Crippen molar-refractivity contribution in [1.29, 1.82) is 5.26 Å². The van der Waals surface area contributed by atoms with Gasteiger partial charge < -0.3 is 0 Å². The van der Waals surface area contributed by atoms with E-state index in [1.54, 1.807) is 0 Å². The Bertz CT molecular complexity index is 169. The summed E-state index contributed by atoms with van der Waals surface area (Å²) >= 11 is -6.27. The molecular formula is C5H9Cl3F2NNb. The van der Waals surface area contributed by atoms with Crippen molar-refractivity contribution in [3.8, 4) is 6.07 Å². The molecule has 0 unspecified atom stereocenters. The Morgan fingerprint density at radius 2 is 1.25 bits per heavy atom. The van der Waals surface area contributed by atoms with Crippen molar-refractivity contribution >= 4 is 27.6 Å². The molecule has 0 saturated heterocycles. The molecule has 0 heterocycles. The molecule has 0 aliphatic rings. The first-order valence-electron chi connectivity index (χ1n) is 2.82. The Kier molecular flexibility index (Phi) is 5.73. The molecule has 0 radical (unpaired) electrons. The van der Waals surface area contributed by atoms with Gasteiger partial charge in [-0.25, -0.2) is 0 Å². The SMILES string of the molecule is CC(C)(C)C#N.[F][Nb]([F])([Cl])([Cl])[Cl]. The quantitative estimate of drug-likeness (QED) is 0.604. The van der Waals surface area contributed by atoms with Gasteiger partial charge in [0.05, 0.1) is 6.07 Å². The fourth-order valence-corrected chi connectivity index (χ4v) is 0. The third-order valence-electron chi connectivity index (χ3n) is 0.335. The topological polar surface area (TPSA) is 23.8 Å². The van der Waals surface area contributed by atoms with Gasteiger partial charge in [0.1, 0.15) is 0 Å². The van der Waals surface area contributed by atoms with Crippen molar-refractivity contribution in [2.24, 2.45) is 5.41 Å². The van der Waals surface area contributed by atoms with Crippen LogP contribution in [0.3, 0.4) is 0 Å². The molecule has 0 aliphatic heterocycles. The number of hydrogen-bond donors (Lipinski definition) is 0. The standard InChI is InChI=1S/C5H9N.3ClH.2FH.Nb/c1-5(2,3)4-6;;;;;;/h1-3H3;5*1H;/q;;;;;;+5/p-5. The summed E-state index contributed by atoms with van der Waals surface area (Å²) in [6, 6.07) is 2.10. The summed E-state index contributed by atoms with van der Waals surface area (Å²) in [5.74, 6) is 0. The zero-order valence-electron chi connectivity index (χ0n) is 6.78. The van der Waals surface area contributed by atoms with Crippen molar-refractivity contribution in [2.45, 2.75) is 20.8 Å². The predicted molar refractivity (Wildman–Crippen MR) is 44.8 cm³/mol. The predicted octanol–water partition coefficient (Wildman–Crippen LogP) is 4.46. The second kappa shape index (κ2) is 4.45. The summed E-state index contributed by atoms with van der Waals surface area (Å²) in [4.78, 5) is 0. The van der Waals surface area contributed by atoms with Crippen LogP contribution in [0.5, 0.6) is 0 Å². The van der Waals surface area contributed by atoms with Gasteiger partial charge in [0.2, 0.25) is 0 Å². The number of rotatable bonds is 0. The van der Waals surface area contributed by atoms with E-state index in [0.717, 1.165) is 0 Å². The second-order valence-corrected chi connectivity index (χ2v) is 19.7. The molecule has 7 heteroatoms. The van der Waals surface area contributed by atoms with Crippen LogP contribution in [-0.2, 0) is 13.7 Å².